The lowest BCUT2D eigenvalue weighted by atomic mass is 10.2. The average molecular weight is 333 g/mol. The zero-order chi connectivity index (χ0) is 14.0. The second-order valence-electron chi connectivity index (χ2n) is 6.09. The molecule has 0 aromatic heterocycles. The highest BCUT2D eigenvalue weighted by atomic mass is 79.9. The molecule has 0 heterocycles. The lowest BCUT2D eigenvalue weighted by molar-refractivity contribution is 0.291. The van der Waals surface area contributed by atoms with E-state index in [-0.39, 0.29) is 10.9 Å². The molecular formula is C14H22BrFOSi. The van der Waals surface area contributed by atoms with Gasteiger partial charge in [-0.05, 0) is 42.2 Å². The van der Waals surface area contributed by atoms with Gasteiger partial charge in [0.05, 0.1) is 0 Å². The third-order valence-corrected chi connectivity index (χ3v) is 8.93. The summed E-state index contributed by atoms with van der Waals surface area (Å²) in [7, 11) is -1.68. The molecule has 0 aliphatic carbocycles. The molecule has 0 unspecified atom stereocenters. The van der Waals surface area contributed by atoms with Crippen LogP contribution in [0.25, 0.3) is 0 Å². The first-order valence-corrected chi connectivity index (χ1v) is 9.91. The minimum Gasteiger partial charge on any atom is -0.416 e. The molecule has 18 heavy (non-hydrogen) atoms. The fourth-order valence-electron chi connectivity index (χ4n) is 1.36. The summed E-state index contributed by atoms with van der Waals surface area (Å²) in [5, 5.41) is 0.229. The number of halogens is 2. The van der Waals surface area contributed by atoms with Crippen molar-refractivity contribution in [3.63, 3.8) is 0 Å². The lowest BCUT2D eigenvalue weighted by Gasteiger charge is -2.36. The average Bonchev–Trinajstić information content (AvgIpc) is 2.19. The Hall–Kier alpha value is -0.193. The van der Waals surface area contributed by atoms with Crippen molar-refractivity contribution in [2.45, 2.75) is 45.3 Å². The van der Waals surface area contributed by atoms with Crippen LogP contribution in [-0.2, 0) is 10.8 Å². The Morgan fingerprint density at radius 2 is 1.89 bits per heavy atom. The van der Waals surface area contributed by atoms with E-state index in [1.807, 2.05) is 6.07 Å². The maximum atomic E-state index is 13.0. The number of hydrogen-bond donors (Lipinski definition) is 0. The molecule has 1 aromatic carbocycles. The van der Waals surface area contributed by atoms with Gasteiger partial charge in [0, 0.05) is 11.1 Å². The van der Waals surface area contributed by atoms with Crippen LogP contribution in [0.4, 0.5) is 4.39 Å². The molecule has 0 radical (unpaired) electrons. The summed E-state index contributed by atoms with van der Waals surface area (Å²) in [4.78, 5) is 0. The Morgan fingerprint density at radius 3 is 2.39 bits per heavy atom. The number of rotatable bonds is 4. The van der Waals surface area contributed by atoms with Gasteiger partial charge in [0.25, 0.3) is 0 Å². The van der Waals surface area contributed by atoms with Gasteiger partial charge in [0.1, 0.15) is 5.82 Å². The molecule has 0 aliphatic rings. The predicted octanol–water partition coefficient (Wildman–Crippen LogP) is 5.15. The van der Waals surface area contributed by atoms with Gasteiger partial charge in [-0.25, -0.2) is 4.39 Å². The molecule has 4 heteroatoms. The molecule has 0 saturated heterocycles. The van der Waals surface area contributed by atoms with Crippen LogP contribution < -0.4 is 0 Å². The van der Waals surface area contributed by atoms with Crippen molar-refractivity contribution in [1.82, 2.24) is 0 Å². The summed E-state index contributed by atoms with van der Waals surface area (Å²) in [5.74, 6) is -0.212. The number of hydrogen-bond acceptors (Lipinski definition) is 1. The second-order valence-corrected chi connectivity index (χ2v) is 11.8. The Bertz CT molecular complexity index is 413. The molecule has 0 N–H and O–H groups in total. The van der Waals surface area contributed by atoms with Crippen LogP contribution in [0.1, 0.15) is 26.3 Å². The summed E-state index contributed by atoms with van der Waals surface area (Å²) < 4.78 is 19.9. The van der Waals surface area contributed by atoms with Gasteiger partial charge in [-0.15, -0.1) is 0 Å². The van der Waals surface area contributed by atoms with Crippen LogP contribution in [0.15, 0.2) is 22.7 Å². The van der Waals surface area contributed by atoms with Gasteiger partial charge in [0.15, 0.2) is 8.32 Å². The fourth-order valence-corrected chi connectivity index (χ4v) is 2.95. The minimum atomic E-state index is -1.68. The van der Waals surface area contributed by atoms with Crippen molar-refractivity contribution in [3.05, 3.63) is 34.1 Å². The molecule has 0 spiro atoms. The van der Waals surface area contributed by atoms with E-state index in [9.17, 15) is 4.39 Å². The smallest absolute Gasteiger partial charge is 0.191 e. The lowest BCUT2D eigenvalue weighted by Crippen LogP contribution is -2.41. The molecule has 0 aliphatic heterocycles. The molecule has 0 bridgehead atoms. The van der Waals surface area contributed by atoms with E-state index in [4.69, 9.17) is 4.43 Å². The first-order valence-electron chi connectivity index (χ1n) is 6.21. The van der Waals surface area contributed by atoms with Crippen molar-refractivity contribution in [1.29, 1.82) is 0 Å². The van der Waals surface area contributed by atoms with Crippen LogP contribution in [-0.4, -0.2) is 14.9 Å². The summed E-state index contributed by atoms with van der Waals surface area (Å²) >= 11 is 3.38. The van der Waals surface area contributed by atoms with Crippen LogP contribution in [0.2, 0.25) is 18.1 Å². The molecule has 0 amide bonds. The zero-order valence-electron chi connectivity index (χ0n) is 11.8. The summed E-state index contributed by atoms with van der Waals surface area (Å²) in [6.45, 7) is 11.9. The van der Waals surface area contributed by atoms with Crippen LogP contribution in [0.5, 0.6) is 0 Å². The molecule has 102 valence electrons. The maximum absolute atomic E-state index is 13.0. The first-order chi connectivity index (χ1) is 8.13. The second kappa shape index (κ2) is 5.84. The van der Waals surface area contributed by atoms with E-state index in [0.717, 1.165) is 16.5 Å². The van der Waals surface area contributed by atoms with Gasteiger partial charge in [-0.2, -0.15) is 0 Å². The van der Waals surface area contributed by atoms with E-state index in [2.05, 4.69) is 49.8 Å². The molecule has 0 fully saturated rings. The van der Waals surface area contributed by atoms with E-state index in [0.29, 0.717) is 6.61 Å². The highest BCUT2D eigenvalue weighted by Gasteiger charge is 2.36. The Labute approximate surface area is 119 Å². The molecule has 1 nitrogen and oxygen atoms in total. The largest absolute Gasteiger partial charge is 0.416 e. The Kier molecular flexibility index (Phi) is 5.15. The highest BCUT2D eigenvalue weighted by Crippen LogP contribution is 2.36. The maximum Gasteiger partial charge on any atom is 0.191 e. The fraction of sp³-hybridized carbons (Fsp3) is 0.571. The molecule has 1 rings (SSSR count). The van der Waals surface area contributed by atoms with Gasteiger partial charge >= 0.3 is 0 Å². The topological polar surface area (TPSA) is 9.23 Å². The molecular weight excluding hydrogens is 311 g/mol. The van der Waals surface area contributed by atoms with E-state index < -0.39 is 8.32 Å². The third kappa shape index (κ3) is 4.18. The van der Waals surface area contributed by atoms with Crippen molar-refractivity contribution in [3.8, 4) is 0 Å². The van der Waals surface area contributed by atoms with E-state index >= 15 is 0 Å². The molecule has 0 saturated carbocycles. The van der Waals surface area contributed by atoms with Gasteiger partial charge in [-0.3, -0.25) is 0 Å². The van der Waals surface area contributed by atoms with Gasteiger partial charge < -0.3 is 4.43 Å². The molecule has 0 atom stereocenters. The first kappa shape index (κ1) is 15.9. The van der Waals surface area contributed by atoms with Crippen molar-refractivity contribution in [2.24, 2.45) is 0 Å². The van der Waals surface area contributed by atoms with Crippen LogP contribution in [0.3, 0.4) is 0 Å². The Balaban J connectivity index is 2.57. The third-order valence-electron chi connectivity index (χ3n) is 3.66. The van der Waals surface area contributed by atoms with Crippen molar-refractivity contribution in [2.75, 3.05) is 6.61 Å². The van der Waals surface area contributed by atoms with Crippen LogP contribution in [0, 0.1) is 5.82 Å². The SMILES string of the molecule is CC(C)(C)[Si](C)(C)OCCc1ccc(F)cc1Br. The predicted molar refractivity (Wildman–Crippen MR) is 81.0 cm³/mol. The Morgan fingerprint density at radius 1 is 1.28 bits per heavy atom. The normalized spacial score (nSPS) is 12.8. The van der Waals surface area contributed by atoms with Crippen molar-refractivity contribution < 1.29 is 8.82 Å². The summed E-state index contributed by atoms with van der Waals surface area (Å²) in [6.07, 6.45) is 0.813. The van der Waals surface area contributed by atoms with Gasteiger partial charge in [0.2, 0.25) is 0 Å². The quantitative estimate of drug-likeness (QED) is 0.692. The van der Waals surface area contributed by atoms with E-state index in [1.165, 1.54) is 12.1 Å². The molecule has 1 aromatic rings. The van der Waals surface area contributed by atoms with Crippen molar-refractivity contribution >= 4 is 24.2 Å². The van der Waals surface area contributed by atoms with Crippen LogP contribution >= 0.6 is 15.9 Å². The number of benzene rings is 1. The zero-order valence-corrected chi connectivity index (χ0v) is 14.4. The standard InChI is InChI=1S/C14H22BrFOSi/c1-14(2,3)18(4,5)17-9-8-11-6-7-12(16)10-13(11)15/h6-7,10H,8-9H2,1-5H3. The summed E-state index contributed by atoms with van der Waals surface area (Å²) in [6, 6.07) is 4.81. The van der Waals surface area contributed by atoms with Gasteiger partial charge in [-0.1, -0.05) is 42.8 Å². The highest BCUT2D eigenvalue weighted by molar-refractivity contribution is 9.10. The monoisotopic (exact) mass is 332 g/mol. The summed E-state index contributed by atoms with van der Waals surface area (Å²) in [5.41, 5.74) is 1.09. The van der Waals surface area contributed by atoms with E-state index in [1.54, 1.807) is 0 Å². The minimum absolute atomic E-state index is 0.212.